The van der Waals surface area contributed by atoms with Crippen LogP contribution in [0.5, 0.6) is 0 Å². The number of alkyl carbamates (subject to hydrolysis) is 1. The van der Waals surface area contributed by atoms with E-state index in [1.54, 1.807) is 0 Å². The van der Waals surface area contributed by atoms with Crippen LogP contribution in [0, 0.1) is 11.8 Å². The molecule has 4 nitrogen and oxygen atoms in total. The quantitative estimate of drug-likeness (QED) is 0.789. The van der Waals surface area contributed by atoms with Gasteiger partial charge in [-0.2, -0.15) is 0 Å². The monoisotopic (exact) mass is 296 g/mol. The predicted molar refractivity (Wildman–Crippen MR) is 85.3 cm³/mol. The number of carbonyl (C=O) groups is 1. The van der Waals surface area contributed by atoms with Crippen LogP contribution < -0.4 is 10.6 Å². The van der Waals surface area contributed by atoms with E-state index in [0.717, 1.165) is 12.5 Å². The van der Waals surface area contributed by atoms with Crippen molar-refractivity contribution in [2.45, 2.75) is 83.9 Å². The second-order valence-corrected chi connectivity index (χ2v) is 7.83. The first-order valence-corrected chi connectivity index (χ1v) is 8.58. The molecular weight excluding hydrogens is 264 g/mol. The zero-order valence-electron chi connectivity index (χ0n) is 14.1. The number of hydrogen-bond acceptors (Lipinski definition) is 3. The molecule has 1 amide bonds. The Morgan fingerprint density at radius 2 is 1.76 bits per heavy atom. The predicted octanol–water partition coefficient (Wildman–Crippen LogP) is 3.46. The van der Waals surface area contributed by atoms with Crippen molar-refractivity contribution in [2.75, 3.05) is 6.54 Å². The topological polar surface area (TPSA) is 50.4 Å². The van der Waals surface area contributed by atoms with Crippen LogP contribution >= 0.6 is 0 Å². The third-order valence-corrected chi connectivity index (χ3v) is 4.66. The fourth-order valence-electron chi connectivity index (χ4n) is 3.23. The summed E-state index contributed by atoms with van der Waals surface area (Å²) in [6, 6.07) is 0.762. The molecule has 2 N–H and O–H groups in total. The molecule has 0 saturated heterocycles. The molecule has 4 heteroatoms. The summed E-state index contributed by atoms with van der Waals surface area (Å²) >= 11 is 0. The van der Waals surface area contributed by atoms with E-state index in [-0.39, 0.29) is 12.1 Å². The molecule has 2 fully saturated rings. The minimum atomic E-state index is -0.428. The van der Waals surface area contributed by atoms with Crippen LogP contribution in [-0.2, 0) is 4.74 Å². The van der Waals surface area contributed by atoms with E-state index in [1.165, 1.54) is 38.5 Å². The lowest BCUT2D eigenvalue weighted by Gasteiger charge is -2.26. The highest BCUT2D eigenvalue weighted by Crippen LogP contribution is 2.33. The molecule has 2 aliphatic carbocycles. The number of amides is 1. The first kappa shape index (κ1) is 16.6. The van der Waals surface area contributed by atoms with Crippen molar-refractivity contribution in [3.05, 3.63) is 0 Å². The zero-order valence-corrected chi connectivity index (χ0v) is 14.1. The van der Waals surface area contributed by atoms with E-state index in [2.05, 4.69) is 17.6 Å². The van der Waals surface area contributed by atoms with Crippen LogP contribution in [0.15, 0.2) is 0 Å². The summed E-state index contributed by atoms with van der Waals surface area (Å²) < 4.78 is 5.37. The summed E-state index contributed by atoms with van der Waals surface area (Å²) in [6.45, 7) is 8.85. The van der Waals surface area contributed by atoms with Crippen molar-refractivity contribution in [1.29, 1.82) is 0 Å². The van der Waals surface area contributed by atoms with Crippen LogP contribution in [0.2, 0.25) is 0 Å². The van der Waals surface area contributed by atoms with Gasteiger partial charge in [-0.1, -0.05) is 12.8 Å². The molecule has 0 bridgehead atoms. The maximum absolute atomic E-state index is 11.9. The second kappa shape index (κ2) is 6.99. The van der Waals surface area contributed by atoms with Crippen LogP contribution in [-0.4, -0.2) is 30.3 Å². The van der Waals surface area contributed by atoms with Gasteiger partial charge in [0.1, 0.15) is 5.60 Å². The van der Waals surface area contributed by atoms with E-state index in [4.69, 9.17) is 4.74 Å². The Bertz CT molecular complexity index is 341. The SMILES string of the molecule is CC(NCC(NC(=O)OC(C)(C)C)C1CC1)C1CCCC1. The fourth-order valence-corrected chi connectivity index (χ4v) is 3.23. The van der Waals surface area contributed by atoms with E-state index in [0.29, 0.717) is 12.0 Å². The Morgan fingerprint density at radius 3 is 2.29 bits per heavy atom. The first-order chi connectivity index (χ1) is 9.85. The summed E-state index contributed by atoms with van der Waals surface area (Å²) in [4.78, 5) is 11.9. The lowest BCUT2D eigenvalue weighted by atomic mass is 9.99. The summed E-state index contributed by atoms with van der Waals surface area (Å²) in [6.07, 6.45) is 7.61. The standard InChI is InChI=1S/C17H32N2O2/c1-12(13-7-5-6-8-13)18-11-15(14-9-10-14)19-16(20)21-17(2,3)4/h12-15,18H,5-11H2,1-4H3,(H,19,20). The maximum atomic E-state index is 11.9. The van der Waals surface area contributed by atoms with Gasteiger partial charge in [0.05, 0.1) is 0 Å². The normalized spacial score (nSPS) is 22.9. The fraction of sp³-hybridized carbons (Fsp3) is 0.941. The van der Waals surface area contributed by atoms with Gasteiger partial charge in [0.15, 0.2) is 0 Å². The van der Waals surface area contributed by atoms with Crippen molar-refractivity contribution < 1.29 is 9.53 Å². The van der Waals surface area contributed by atoms with Crippen LogP contribution in [0.3, 0.4) is 0 Å². The van der Waals surface area contributed by atoms with Gasteiger partial charge in [0.2, 0.25) is 0 Å². The molecule has 2 rings (SSSR count). The molecule has 0 aliphatic heterocycles. The first-order valence-electron chi connectivity index (χ1n) is 8.58. The highest BCUT2D eigenvalue weighted by atomic mass is 16.6. The molecule has 0 heterocycles. The van der Waals surface area contributed by atoms with E-state index in [1.807, 2.05) is 20.8 Å². The van der Waals surface area contributed by atoms with Gasteiger partial charge in [-0.3, -0.25) is 0 Å². The highest BCUT2D eigenvalue weighted by Gasteiger charge is 2.34. The number of rotatable bonds is 6. The lowest BCUT2D eigenvalue weighted by molar-refractivity contribution is 0.0496. The molecule has 0 aromatic heterocycles. The average molecular weight is 296 g/mol. The van der Waals surface area contributed by atoms with Crippen LogP contribution in [0.25, 0.3) is 0 Å². The molecule has 0 spiro atoms. The third kappa shape index (κ3) is 5.85. The van der Waals surface area contributed by atoms with E-state index < -0.39 is 5.60 Å². The molecule has 2 aliphatic rings. The maximum Gasteiger partial charge on any atom is 0.407 e. The highest BCUT2D eigenvalue weighted by molar-refractivity contribution is 5.68. The zero-order chi connectivity index (χ0) is 15.5. The van der Waals surface area contributed by atoms with E-state index in [9.17, 15) is 4.79 Å². The molecule has 2 unspecified atom stereocenters. The number of ether oxygens (including phenoxy) is 1. The minimum absolute atomic E-state index is 0.212. The lowest BCUT2D eigenvalue weighted by Crippen LogP contribution is -2.48. The molecule has 0 aromatic carbocycles. The smallest absolute Gasteiger partial charge is 0.407 e. The Hall–Kier alpha value is -0.770. The van der Waals surface area contributed by atoms with Gasteiger partial charge in [0, 0.05) is 18.6 Å². The van der Waals surface area contributed by atoms with Crippen molar-refractivity contribution in [1.82, 2.24) is 10.6 Å². The third-order valence-electron chi connectivity index (χ3n) is 4.66. The van der Waals surface area contributed by atoms with Gasteiger partial charge < -0.3 is 15.4 Å². The molecule has 2 atom stereocenters. The van der Waals surface area contributed by atoms with Crippen molar-refractivity contribution in [2.24, 2.45) is 11.8 Å². The van der Waals surface area contributed by atoms with Crippen LogP contribution in [0.4, 0.5) is 4.79 Å². The Morgan fingerprint density at radius 1 is 1.14 bits per heavy atom. The van der Waals surface area contributed by atoms with Gasteiger partial charge in [-0.25, -0.2) is 4.79 Å². The number of nitrogens with one attached hydrogen (secondary N) is 2. The summed E-state index contributed by atoms with van der Waals surface area (Å²) in [5, 5.41) is 6.70. The molecule has 2 saturated carbocycles. The Kier molecular flexibility index (Phi) is 5.53. The largest absolute Gasteiger partial charge is 0.444 e. The molecule has 122 valence electrons. The molecule has 0 radical (unpaired) electrons. The average Bonchev–Trinajstić information content (AvgIpc) is 3.06. The van der Waals surface area contributed by atoms with Gasteiger partial charge in [-0.15, -0.1) is 0 Å². The van der Waals surface area contributed by atoms with Gasteiger partial charge in [-0.05, 0) is 65.2 Å². The summed E-state index contributed by atoms with van der Waals surface area (Å²) in [5.41, 5.74) is -0.428. The minimum Gasteiger partial charge on any atom is -0.444 e. The Balaban J connectivity index is 1.75. The molecule has 0 aromatic rings. The van der Waals surface area contributed by atoms with Crippen LogP contribution in [0.1, 0.15) is 66.2 Å². The van der Waals surface area contributed by atoms with E-state index >= 15 is 0 Å². The molecular formula is C17H32N2O2. The summed E-state index contributed by atoms with van der Waals surface area (Å²) in [7, 11) is 0. The molecule has 21 heavy (non-hydrogen) atoms. The van der Waals surface area contributed by atoms with Gasteiger partial charge in [0.25, 0.3) is 0 Å². The number of hydrogen-bond donors (Lipinski definition) is 2. The number of carbonyl (C=O) groups excluding carboxylic acids is 1. The summed E-state index contributed by atoms with van der Waals surface area (Å²) in [5.74, 6) is 1.44. The van der Waals surface area contributed by atoms with Crippen molar-refractivity contribution in [3.63, 3.8) is 0 Å². The van der Waals surface area contributed by atoms with Crippen molar-refractivity contribution in [3.8, 4) is 0 Å². The van der Waals surface area contributed by atoms with Crippen molar-refractivity contribution >= 4 is 6.09 Å². The Labute approximate surface area is 129 Å². The second-order valence-electron chi connectivity index (χ2n) is 7.83. The van der Waals surface area contributed by atoms with Gasteiger partial charge >= 0.3 is 6.09 Å².